The van der Waals surface area contributed by atoms with Crippen LogP contribution < -0.4 is 10.5 Å². The highest BCUT2D eigenvalue weighted by atomic mass is 16.5. The number of rotatable bonds is 5. The molecule has 0 aliphatic carbocycles. The maximum absolute atomic E-state index is 6.18. The summed E-state index contributed by atoms with van der Waals surface area (Å²) in [6, 6.07) is 7.95. The van der Waals surface area contributed by atoms with Gasteiger partial charge in [0.15, 0.2) is 0 Å². The fraction of sp³-hybridized carbons (Fsp3) is 0.438. The SMILES string of the molecule is CCCOc1cccc(-c2nc(C(C)C)n(C)c2N)c1. The van der Waals surface area contributed by atoms with E-state index in [1.165, 1.54) is 0 Å². The number of benzene rings is 1. The van der Waals surface area contributed by atoms with Gasteiger partial charge in [0.05, 0.1) is 6.61 Å². The topological polar surface area (TPSA) is 53.1 Å². The molecule has 4 nitrogen and oxygen atoms in total. The van der Waals surface area contributed by atoms with Gasteiger partial charge in [-0.3, -0.25) is 0 Å². The molecule has 2 rings (SSSR count). The molecule has 1 heterocycles. The van der Waals surface area contributed by atoms with Crippen LogP contribution in [0.25, 0.3) is 11.3 Å². The van der Waals surface area contributed by atoms with Gasteiger partial charge in [-0.25, -0.2) is 4.98 Å². The van der Waals surface area contributed by atoms with Crippen molar-refractivity contribution in [1.29, 1.82) is 0 Å². The molecular weight excluding hydrogens is 250 g/mol. The number of hydrogen-bond acceptors (Lipinski definition) is 3. The van der Waals surface area contributed by atoms with Crippen molar-refractivity contribution >= 4 is 5.82 Å². The lowest BCUT2D eigenvalue weighted by Gasteiger charge is -2.06. The van der Waals surface area contributed by atoms with E-state index in [1.807, 2.05) is 35.9 Å². The Morgan fingerprint density at radius 2 is 2.10 bits per heavy atom. The molecule has 0 aliphatic heterocycles. The summed E-state index contributed by atoms with van der Waals surface area (Å²) in [5.41, 5.74) is 8.01. The minimum atomic E-state index is 0.343. The Morgan fingerprint density at radius 3 is 2.70 bits per heavy atom. The molecule has 1 aromatic heterocycles. The van der Waals surface area contributed by atoms with Gasteiger partial charge in [-0.05, 0) is 18.6 Å². The van der Waals surface area contributed by atoms with Crippen molar-refractivity contribution in [3.05, 3.63) is 30.1 Å². The van der Waals surface area contributed by atoms with Gasteiger partial charge in [-0.2, -0.15) is 0 Å². The van der Waals surface area contributed by atoms with Crippen molar-refractivity contribution in [3.8, 4) is 17.0 Å². The minimum Gasteiger partial charge on any atom is -0.494 e. The average molecular weight is 273 g/mol. The van der Waals surface area contributed by atoms with Crippen molar-refractivity contribution in [2.75, 3.05) is 12.3 Å². The molecule has 2 N–H and O–H groups in total. The van der Waals surface area contributed by atoms with Crippen LogP contribution in [0.2, 0.25) is 0 Å². The van der Waals surface area contributed by atoms with Gasteiger partial charge in [0, 0.05) is 18.5 Å². The lowest BCUT2D eigenvalue weighted by atomic mass is 10.1. The first-order valence-corrected chi connectivity index (χ1v) is 7.09. The fourth-order valence-electron chi connectivity index (χ4n) is 2.21. The molecule has 0 atom stereocenters. The summed E-state index contributed by atoms with van der Waals surface area (Å²) in [6.45, 7) is 7.05. The van der Waals surface area contributed by atoms with Crippen LogP contribution in [0.5, 0.6) is 5.75 Å². The van der Waals surface area contributed by atoms with Crippen molar-refractivity contribution < 1.29 is 4.74 Å². The molecule has 108 valence electrons. The Labute approximate surface area is 120 Å². The third-order valence-corrected chi connectivity index (χ3v) is 3.27. The van der Waals surface area contributed by atoms with E-state index >= 15 is 0 Å². The number of ether oxygens (including phenoxy) is 1. The van der Waals surface area contributed by atoms with Crippen LogP contribution in [0.15, 0.2) is 24.3 Å². The van der Waals surface area contributed by atoms with Crippen LogP contribution in [0.3, 0.4) is 0 Å². The molecule has 0 fully saturated rings. The largest absolute Gasteiger partial charge is 0.494 e. The van der Waals surface area contributed by atoms with Crippen molar-refractivity contribution in [2.24, 2.45) is 7.05 Å². The van der Waals surface area contributed by atoms with E-state index < -0.39 is 0 Å². The summed E-state index contributed by atoms with van der Waals surface area (Å²) >= 11 is 0. The Bertz CT molecular complexity index is 587. The van der Waals surface area contributed by atoms with E-state index in [2.05, 4.69) is 25.8 Å². The van der Waals surface area contributed by atoms with Gasteiger partial charge >= 0.3 is 0 Å². The zero-order chi connectivity index (χ0) is 14.7. The van der Waals surface area contributed by atoms with Crippen LogP contribution >= 0.6 is 0 Å². The highest BCUT2D eigenvalue weighted by molar-refractivity contribution is 5.72. The van der Waals surface area contributed by atoms with Gasteiger partial charge < -0.3 is 15.0 Å². The van der Waals surface area contributed by atoms with E-state index in [9.17, 15) is 0 Å². The lowest BCUT2D eigenvalue weighted by Crippen LogP contribution is -2.02. The molecule has 0 aliphatic rings. The van der Waals surface area contributed by atoms with Crippen LogP contribution in [0, 0.1) is 0 Å². The summed E-state index contributed by atoms with van der Waals surface area (Å²) in [5, 5.41) is 0. The van der Waals surface area contributed by atoms with E-state index in [-0.39, 0.29) is 0 Å². The summed E-state index contributed by atoms with van der Waals surface area (Å²) in [5.74, 6) is 2.90. The predicted molar refractivity (Wildman–Crippen MR) is 82.9 cm³/mol. The zero-order valence-electron chi connectivity index (χ0n) is 12.7. The van der Waals surface area contributed by atoms with Crippen molar-refractivity contribution in [1.82, 2.24) is 9.55 Å². The van der Waals surface area contributed by atoms with Crippen molar-refractivity contribution in [2.45, 2.75) is 33.1 Å². The van der Waals surface area contributed by atoms with Gasteiger partial charge in [0.1, 0.15) is 23.1 Å². The maximum Gasteiger partial charge on any atom is 0.131 e. The number of imidazole rings is 1. The maximum atomic E-state index is 6.18. The molecule has 0 spiro atoms. The highest BCUT2D eigenvalue weighted by Crippen LogP contribution is 2.30. The minimum absolute atomic E-state index is 0.343. The third kappa shape index (κ3) is 2.79. The molecule has 0 unspecified atom stereocenters. The Balaban J connectivity index is 2.39. The van der Waals surface area contributed by atoms with Crippen LogP contribution in [0.1, 0.15) is 38.9 Å². The monoisotopic (exact) mass is 273 g/mol. The van der Waals surface area contributed by atoms with Gasteiger partial charge in [0.2, 0.25) is 0 Å². The molecule has 2 aromatic rings. The standard InChI is InChI=1S/C16H23N3O/c1-5-9-20-13-8-6-7-12(10-13)14-15(17)19(4)16(18-14)11(2)3/h6-8,10-11H,5,9,17H2,1-4H3. The summed E-state index contributed by atoms with van der Waals surface area (Å²) in [4.78, 5) is 4.68. The third-order valence-electron chi connectivity index (χ3n) is 3.27. The second-order valence-electron chi connectivity index (χ2n) is 5.29. The lowest BCUT2D eigenvalue weighted by molar-refractivity contribution is 0.317. The summed E-state index contributed by atoms with van der Waals surface area (Å²) < 4.78 is 7.62. The summed E-state index contributed by atoms with van der Waals surface area (Å²) in [6.07, 6.45) is 0.994. The number of nitrogens with zero attached hydrogens (tertiary/aromatic N) is 2. The van der Waals surface area contributed by atoms with Crippen molar-refractivity contribution in [3.63, 3.8) is 0 Å². The van der Waals surface area contributed by atoms with Gasteiger partial charge in [0.25, 0.3) is 0 Å². The van der Waals surface area contributed by atoms with Crippen LogP contribution in [0.4, 0.5) is 5.82 Å². The van der Waals surface area contributed by atoms with Gasteiger partial charge in [-0.15, -0.1) is 0 Å². The number of aromatic nitrogens is 2. The van der Waals surface area contributed by atoms with E-state index in [0.717, 1.165) is 35.9 Å². The summed E-state index contributed by atoms with van der Waals surface area (Å²) in [7, 11) is 1.96. The molecule has 20 heavy (non-hydrogen) atoms. The smallest absolute Gasteiger partial charge is 0.131 e. The van der Waals surface area contributed by atoms with E-state index in [1.54, 1.807) is 0 Å². The number of anilines is 1. The normalized spacial score (nSPS) is 11.1. The Hall–Kier alpha value is -1.97. The quantitative estimate of drug-likeness (QED) is 0.906. The second-order valence-corrected chi connectivity index (χ2v) is 5.29. The predicted octanol–water partition coefficient (Wildman–Crippen LogP) is 3.58. The van der Waals surface area contributed by atoms with Gasteiger partial charge in [-0.1, -0.05) is 32.9 Å². The molecule has 4 heteroatoms. The van der Waals surface area contributed by atoms with Crippen LogP contribution in [-0.4, -0.2) is 16.2 Å². The molecule has 0 saturated heterocycles. The molecule has 0 radical (unpaired) electrons. The number of hydrogen-bond donors (Lipinski definition) is 1. The average Bonchev–Trinajstić information content (AvgIpc) is 2.74. The molecule has 0 saturated carbocycles. The zero-order valence-corrected chi connectivity index (χ0v) is 12.7. The van der Waals surface area contributed by atoms with E-state index in [0.29, 0.717) is 11.7 Å². The highest BCUT2D eigenvalue weighted by Gasteiger charge is 2.16. The first-order valence-electron chi connectivity index (χ1n) is 7.09. The molecule has 1 aromatic carbocycles. The number of nitrogen functional groups attached to an aromatic ring is 1. The molecule has 0 bridgehead atoms. The fourth-order valence-corrected chi connectivity index (χ4v) is 2.21. The first kappa shape index (κ1) is 14.4. The van der Waals surface area contributed by atoms with Crippen LogP contribution in [-0.2, 0) is 7.05 Å². The Kier molecular flexibility index (Phi) is 4.32. The molecule has 0 amide bonds. The Morgan fingerprint density at radius 1 is 1.35 bits per heavy atom. The number of nitrogens with two attached hydrogens (primary N) is 1. The second kappa shape index (κ2) is 5.99. The first-order chi connectivity index (χ1) is 9.54. The molecular formula is C16H23N3O. The van der Waals surface area contributed by atoms with E-state index in [4.69, 9.17) is 10.5 Å².